The first-order valence-corrected chi connectivity index (χ1v) is 5.16. The highest BCUT2D eigenvalue weighted by Crippen LogP contribution is 2.24. The first-order valence-electron chi connectivity index (χ1n) is 5.16. The molecule has 0 saturated carbocycles. The smallest absolute Gasteiger partial charge is 0.230 e. The van der Waals surface area contributed by atoms with Gasteiger partial charge in [0, 0.05) is 6.42 Å². The molecule has 1 aliphatic heterocycles. The van der Waals surface area contributed by atoms with Gasteiger partial charge in [0.2, 0.25) is 11.8 Å². The summed E-state index contributed by atoms with van der Waals surface area (Å²) in [6.45, 7) is 0. The fourth-order valence-corrected chi connectivity index (χ4v) is 1.91. The molecule has 0 aromatic heterocycles. The third-order valence-electron chi connectivity index (χ3n) is 2.72. The van der Waals surface area contributed by atoms with Crippen LogP contribution < -0.4 is 10.1 Å². The fourth-order valence-electron chi connectivity index (χ4n) is 1.91. The molecular weight excluding hydrogens is 206 g/mol. The van der Waals surface area contributed by atoms with Crippen molar-refractivity contribution in [3.05, 3.63) is 29.8 Å². The molecule has 0 aliphatic carbocycles. The van der Waals surface area contributed by atoms with Gasteiger partial charge in [0.05, 0.1) is 13.0 Å². The van der Waals surface area contributed by atoms with Crippen molar-refractivity contribution in [3.8, 4) is 5.75 Å². The van der Waals surface area contributed by atoms with E-state index in [1.807, 2.05) is 24.3 Å². The largest absolute Gasteiger partial charge is 0.496 e. The Morgan fingerprint density at radius 1 is 1.38 bits per heavy atom. The summed E-state index contributed by atoms with van der Waals surface area (Å²) in [6.07, 6.45) is 0.818. The number of hydrogen-bond acceptors (Lipinski definition) is 3. The molecule has 1 saturated heterocycles. The van der Waals surface area contributed by atoms with Crippen LogP contribution in [0.1, 0.15) is 12.0 Å². The third-order valence-corrected chi connectivity index (χ3v) is 2.72. The highest BCUT2D eigenvalue weighted by Gasteiger charge is 2.30. The Balaban J connectivity index is 2.14. The van der Waals surface area contributed by atoms with E-state index in [2.05, 4.69) is 5.32 Å². The molecule has 1 N–H and O–H groups in total. The monoisotopic (exact) mass is 219 g/mol. The summed E-state index contributed by atoms with van der Waals surface area (Å²) in [5, 5.41) is 2.31. The van der Waals surface area contributed by atoms with Gasteiger partial charge >= 0.3 is 0 Å². The highest BCUT2D eigenvalue weighted by atomic mass is 16.5. The molecule has 4 heteroatoms. The Morgan fingerprint density at radius 3 is 2.75 bits per heavy atom. The molecule has 16 heavy (non-hydrogen) atoms. The normalized spacial score (nSPS) is 19.7. The van der Waals surface area contributed by atoms with Crippen LogP contribution in [0.25, 0.3) is 0 Å². The lowest BCUT2D eigenvalue weighted by Gasteiger charge is -2.10. The van der Waals surface area contributed by atoms with E-state index in [1.165, 1.54) is 0 Å². The lowest BCUT2D eigenvalue weighted by atomic mass is 9.97. The summed E-state index contributed by atoms with van der Waals surface area (Å²) in [5.74, 6) is 0.124. The second-order valence-electron chi connectivity index (χ2n) is 3.83. The molecule has 1 aromatic rings. The Kier molecular flexibility index (Phi) is 2.90. The molecule has 1 unspecified atom stereocenters. The number of methoxy groups -OCH3 is 1. The molecule has 1 fully saturated rings. The van der Waals surface area contributed by atoms with Crippen molar-refractivity contribution in [3.63, 3.8) is 0 Å². The summed E-state index contributed by atoms with van der Waals surface area (Å²) in [6, 6.07) is 7.54. The van der Waals surface area contributed by atoms with E-state index in [0.29, 0.717) is 6.42 Å². The molecule has 84 valence electrons. The molecule has 2 amide bonds. The number of benzene rings is 1. The number of carbonyl (C=O) groups excluding carboxylic acids is 2. The number of nitrogens with one attached hydrogen (secondary N) is 1. The van der Waals surface area contributed by atoms with Crippen LogP contribution in [0.4, 0.5) is 0 Å². The molecule has 1 atom stereocenters. The van der Waals surface area contributed by atoms with Gasteiger partial charge in [0.15, 0.2) is 0 Å². The summed E-state index contributed by atoms with van der Waals surface area (Å²) in [5.41, 5.74) is 0.958. The van der Waals surface area contributed by atoms with Crippen molar-refractivity contribution < 1.29 is 14.3 Å². The van der Waals surface area contributed by atoms with Crippen molar-refractivity contribution in [2.45, 2.75) is 12.8 Å². The average Bonchev–Trinajstić information content (AvgIpc) is 2.58. The Labute approximate surface area is 93.6 Å². The zero-order valence-electron chi connectivity index (χ0n) is 9.03. The van der Waals surface area contributed by atoms with Gasteiger partial charge in [-0.1, -0.05) is 18.2 Å². The van der Waals surface area contributed by atoms with Crippen LogP contribution in [0, 0.1) is 5.92 Å². The predicted octanol–water partition coefficient (Wildman–Crippen LogP) is 0.900. The number of hydrogen-bond donors (Lipinski definition) is 1. The van der Waals surface area contributed by atoms with Crippen molar-refractivity contribution >= 4 is 11.8 Å². The molecule has 1 aliphatic rings. The lowest BCUT2D eigenvalue weighted by Crippen LogP contribution is -2.22. The molecule has 4 nitrogen and oxygen atoms in total. The SMILES string of the molecule is COc1ccccc1CC1CC(=O)NC1=O. The first-order chi connectivity index (χ1) is 7.70. The van der Waals surface area contributed by atoms with E-state index in [-0.39, 0.29) is 24.2 Å². The second kappa shape index (κ2) is 4.35. The molecule has 0 radical (unpaired) electrons. The van der Waals surface area contributed by atoms with Gasteiger partial charge in [-0.2, -0.15) is 0 Å². The van der Waals surface area contributed by atoms with Gasteiger partial charge in [0.1, 0.15) is 5.75 Å². The van der Waals surface area contributed by atoms with E-state index in [1.54, 1.807) is 7.11 Å². The summed E-state index contributed by atoms with van der Waals surface area (Å²) < 4.78 is 5.20. The average molecular weight is 219 g/mol. The van der Waals surface area contributed by atoms with Crippen molar-refractivity contribution in [1.82, 2.24) is 5.32 Å². The Bertz CT molecular complexity index is 428. The maximum atomic E-state index is 11.4. The zero-order valence-corrected chi connectivity index (χ0v) is 9.03. The Hall–Kier alpha value is -1.84. The molecule has 0 spiro atoms. The molecule has 2 rings (SSSR count). The van der Waals surface area contributed by atoms with Crippen molar-refractivity contribution in [2.24, 2.45) is 5.92 Å². The van der Waals surface area contributed by atoms with Crippen LogP contribution in [-0.4, -0.2) is 18.9 Å². The molecule has 1 aromatic carbocycles. The lowest BCUT2D eigenvalue weighted by molar-refractivity contribution is -0.125. The number of ether oxygens (including phenoxy) is 1. The standard InChI is InChI=1S/C12H13NO3/c1-16-10-5-3-2-4-8(10)6-9-7-11(14)13-12(9)15/h2-5,9H,6-7H2,1H3,(H,13,14,15). The Morgan fingerprint density at radius 2 is 2.12 bits per heavy atom. The number of carbonyl (C=O) groups is 2. The van der Waals surface area contributed by atoms with Crippen molar-refractivity contribution in [2.75, 3.05) is 7.11 Å². The van der Waals surface area contributed by atoms with Crippen LogP contribution in [0.15, 0.2) is 24.3 Å². The topological polar surface area (TPSA) is 55.4 Å². The second-order valence-corrected chi connectivity index (χ2v) is 3.83. The summed E-state index contributed by atoms with van der Waals surface area (Å²) in [4.78, 5) is 22.5. The van der Waals surface area contributed by atoms with Crippen LogP contribution in [-0.2, 0) is 16.0 Å². The van der Waals surface area contributed by atoms with Crippen LogP contribution in [0.3, 0.4) is 0 Å². The number of amides is 2. The van der Waals surface area contributed by atoms with Crippen LogP contribution in [0.5, 0.6) is 5.75 Å². The summed E-state index contributed by atoms with van der Waals surface area (Å²) in [7, 11) is 1.60. The van der Waals surface area contributed by atoms with Gasteiger partial charge in [-0.25, -0.2) is 0 Å². The minimum atomic E-state index is -0.260. The van der Waals surface area contributed by atoms with Crippen LogP contribution >= 0.6 is 0 Å². The fraction of sp³-hybridized carbons (Fsp3) is 0.333. The number of imide groups is 1. The first kappa shape index (κ1) is 10.7. The predicted molar refractivity (Wildman–Crippen MR) is 58.0 cm³/mol. The van der Waals surface area contributed by atoms with E-state index in [0.717, 1.165) is 11.3 Å². The molecule has 0 bridgehead atoms. The van der Waals surface area contributed by atoms with E-state index < -0.39 is 0 Å². The molecular formula is C12H13NO3. The van der Waals surface area contributed by atoms with Crippen molar-refractivity contribution in [1.29, 1.82) is 0 Å². The van der Waals surface area contributed by atoms with Gasteiger partial charge in [-0.15, -0.1) is 0 Å². The quantitative estimate of drug-likeness (QED) is 0.768. The highest BCUT2D eigenvalue weighted by molar-refractivity contribution is 6.03. The number of para-hydroxylation sites is 1. The molecule has 1 heterocycles. The van der Waals surface area contributed by atoms with Gasteiger partial charge in [-0.3, -0.25) is 14.9 Å². The van der Waals surface area contributed by atoms with E-state index in [9.17, 15) is 9.59 Å². The maximum Gasteiger partial charge on any atom is 0.230 e. The minimum absolute atomic E-state index is 0.184. The van der Waals surface area contributed by atoms with Gasteiger partial charge in [-0.05, 0) is 18.1 Å². The van der Waals surface area contributed by atoms with Gasteiger partial charge in [0.25, 0.3) is 0 Å². The van der Waals surface area contributed by atoms with E-state index in [4.69, 9.17) is 4.74 Å². The van der Waals surface area contributed by atoms with Crippen LogP contribution in [0.2, 0.25) is 0 Å². The maximum absolute atomic E-state index is 11.4. The third kappa shape index (κ3) is 2.05. The van der Waals surface area contributed by atoms with E-state index >= 15 is 0 Å². The zero-order chi connectivity index (χ0) is 11.5. The summed E-state index contributed by atoms with van der Waals surface area (Å²) >= 11 is 0. The van der Waals surface area contributed by atoms with Gasteiger partial charge < -0.3 is 4.74 Å². The number of rotatable bonds is 3. The minimum Gasteiger partial charge on any atom is -0.496 e.